The molecule has 0 aromatic carbocycles. The number of halogens is 1. The monoisotopic (exact) mass is 372 g/mol. The number of rotatable bonds is 6. The maximum atomic E-state index is 11.9. The van der Waals surface area contributed by atoms with Crippen molar-refractivity contribution in [1.82, 2.24) is 20.2 Å². The fourth-order valence-corrected chi connectivity index (χ4v) is 3.67. The van der Waals surface area contributed by atoms with Crippen LogP contribution in [-0.4, -0.2) is 51.9 Å². The average Bonchev–Trinajstić information content (AvgIpc) is 2.80. The number of hydrogen-bond acceptors (Lipinski definition) is 5. The van der Waals surface area contributed by atoms with Crippen LogP contribution in [0.2, 0.25) is 0 Å². The number of nitrogens with one attached hydrogen (secondary N) is 1. The molecule has 0 aliphatic carbocycles. The van der Waals surface area contributed by atoms with Crippen LogP contribution in [0.3, 0.4) is 0 Å². The molecule has 1 aliphatic rings. The van der Waals surface area contributed by atoms with Gasteiger partial charge in [0.1, 0.15) is 5.82 Å². The molecule has 1 amide bonds. The molecule has 0 unspecified atom stereocenters. The van der Waals surface area contributed by atoms with Crippen LogP contribution in [-0.2, 0) is 11.3 Å². The number of carbonyl (C=O) groups is 1. The first kappa shape index (κ1) is 21.2. The van der Waals surface area contributed by atoms with Crippen LogP contribution >= 0.6 is 24.2 Å². The number of thioether (sulfide) groups is 1. The molecule has 1 aliphatic heterocycles. The lowest BCUT2D eigenvalue weighted by molar-refractivity contribution is -0.119. The second kappa shape index (κ2) is 9.59. The highest BCUT2D eigenvalue weighted by atomic mass is 35.5. The van der Waals surface area contributed by atoms with Crippen LogP contribution in [0.1, 0.15) is 31.1 Å². The second-order valence-corrected chi connectivity index (χ2v) is 7.64. The summed E-state index contributed by atoms with van der Waals surface area (Å²) < 4.78 is 0. The van der Waals surface area contributed by atoms with Crippen LogP contribution in [0.15, 0.2) is 6.07 Å². The molecule has 7 heteroatoms. The van der Waals surface area contributed by atoms with Crippen molar-refractivity contribution >= 4 is 30.1 Å². The highest BCUT2D eigenvalue weighted by molar-refractivity contribution is 7.99. The topological polar surface area (TPSA) is 58.1 Å². The molecule has 0 bridgehead atoms. The Morgan fingerprint density at radius 1 is 1.33 bits per heavy atom. The van der Waals surface area contributed by atoms with Gasteiger partial charge in [-0.05, 0) is 38.0 Å². The Balaban J connectivity index is 0.00000288. The summed E-state index contributed by atoms with van der Waals surface area (Å²) in [7, 11) is 0. The Bertz CT molecular complexity index is 535. The molecular weight excluding hydrogens is 344 g/mol. The van der Waals surface area contributed by atoms with Crippen molar-refractivity contribution in [1.29, 1.82) is 0 Å². The molecule has 1 aromatic rings. The van der Waals surface area contributed by atoms with Gasteiger partial charge >= 0.3 is 0 Å². The summed E-state index contributed by atoms with van der Waals surface area (Å²) in [6.45, 7) is 11.1. The number of carbonyl (C=O) groups excluding carboxylic acids is 1. The van der Waals surface area contributed by atoms with E-state index in [1.165, 1.54) is 0 Å². The first-order chi connectivity index (χ1) is 10.9. The fourth-order valence-electron chi connectivity index (χ4n) is 3.32. The Morgan fingerprint density at radius 3 is 2.50 bits per heavy atom. The molecule has 2 rings (SSSR count). The quantitative estimate of drug-likeness (QED) is 0.831. The van der Waals surface area contributed by atoms with Crippen molar-refractivity contribution in [2.75, 3.05) is 25.1 Å². The highest BCUT2D eigenvalue weighted by Gasteiger charge is 2.35. The molecule has 2 heterocycles. The van der Waals surface area contributed by atoms with E-state index in [0.29, 0.717) is 17.6 Å². The summed E-state index contributed by atoms with van der Waals surface area (Å²) in [5.41, 5.74) is 2.02. The Kier molecular flexibility index (Phi) is 8.46. The SMILES string of the molecule is CSCC(=O)N[C@H]1CN(Cc2nc(C)cc(C)n2)C[C@@H]1C(C)C.Cl. The van der Waals surface area contributed by atoms with Crippen LogP contribution in [0.25, 0.3) is 0 Å². The molecule has 2 atom stereocenters. The minimum Gasteiger partial charge on any atom is -0.351 e. The van der Waals surface area contributed by atoms with Crippen molar-refractivity contribution in [3.8, 4) is 0 Å². The van der Waals surface area contributed by atoms with Crippen molar-refractivity contribution < 1.29 is 4.79 Å². The Hall–Kier alpha value is -0.850. The number of aryl methyl sites for hydroxylation is 2. The number of hydrogen-bond donors (Lipinski definition) is 1. The molecular formula is C17H29ClN4OS. The highest BCUT2D eigenvalue weighted by Crippen LogP contribution is 2.25. The van der Waals surface area contributed by atoms with Gasteiger partial charge in [-0.3, -0.25) is 9.69 Å². The van der Waals surface area contributed by atoms with E-state index >= 15 is 0 Å². The Morgan fingerprint density at radius 2 is 1.96 bits per heavy atom. The molecule has 1 N–H and O–H groups in total. The summed E-state index contributed by atoms with van der Waals surface area (Å²) in [5.74, 6) is 2.56. The maximum absolute atomic E-state index is 11.9. The molecule has 0 spiro atoms. The van der Waals surface area contributed by atoms with E-state index in [1.807, 2.05) is 26.2 Å². The van der Waals surface area contributed by atoms with Crippen molar-refractivity contribution in [2.24, 2.45) is 11.8 Å². The summed E-state index contributed by atoms with van der Waals surface area (Å²) in [6.07, 6.45) is 1.96. The molecule has 1 fully saturated rings. The van der Waals surface area contributed by atoms with Gasteiger partial charge in [0.2, 0.25) is 5.91 Å². The van der Waals surface area contributed by atoms with E-state index in [4.69, 9.17) is 0 Å². The van der Waals surface area contributed by atoms with Crippen LogP contribution in [0.5, 0.6) is 0 Å². The van der Waals surface area contributed by atoms with E-state index in [2.05, 4.69) is 34.0 Å². The predicted molar refractivity (Wildman–Crippen MR) is 103 cm³/mol. The predicted octanol–water partition coefficient (Wildman–Crippen LogP) is 2.45. The lowest BCUT2D eigenvalue weighted by Gasteiger charge is -2.22. The smallest absolute Gasteiger partial charge is 0.230 e. The summed E-state index contributed by atoms with van der Waals surface area (Å²) in [6, 6.07) is 2.22. The molecule has 5 nitrogen and oxygen atoms in total. The molecule has 1 aromatic heterocycles. The number of amides is 1. The molecule has 24 heavy (non-hydrogen) atoms. The van der Waals surface area contributed by atoms with Gasteiger partial charge in [-0.25, -0.2) is 9.97 Å². The molecule has 1 saturated heterocycles. The number of likely N-dealkylation sites (tertiary alicyclic amines) is 1. The lowest BCUT2D eigenvalue weighted by Crippen LogP contribution is -2.42. The summed E-state index contributed by atoms with van der Waals surface area (Å²) in [4.78, 5) is 23.4. The number of nitrogens with zero attached hydrogens (tertiary/aromatic N) is 3. The van der Waals surface area contributed by atoms with Gasteiger partial charge < -0.3 is 5.32 Å². The Labute approximate surface area is 155 Å². The third-order valence-electron chi connectivity index (χ3n) is 4.31. The van der Waals surface area contributed by atoms with Gasteiger partial charge in [0.15, 0.2) is 0 Å². The van der Waals surface area contributed by atoms with E-state index < -0.39 is 0 Å². The zero-order valence-corrected chi connectivity index (χ0v) is 16.8. The maximum Gasteiger partial charge on any atom is 0.230 e. The summed E-state index contributed by atoms with van der Waals surface area (Å²) in [5, 5.41) is 3.21. The van der Waals surface area contributed by atoms with Crippen molar-refractivity contribution in [2.45, 2.75) is 40.3 Å². The largest absolute Gasteiger partial charge is 0.351 e. The van der Waals surface area contributed by atoms with Gasteiger partial charge in [0.05, 0.1) is 12.3 Å². The van der Waals surface area contributed by atoms with E-state index in [-0.39, 0.29) is 24.4 Å². The van der Waals surface area contributed by atoms with Gasteiger partial charge in [-0.2, -0.15) is 11.8 Å². The average molecular weight is 373 g/mol. The third kappa shape index (κ3) is 5.90. The van der Waals surface area contributed by atoms with Gasteiger partial charge in [-0.15, -0.1) is 12.4 Å². The van der Waals surface area contributed by atoms with Crippen LogP contribution in [0.4, 0.5) is 0 Å². The third-order valence-corrected chi connectivity index (χ3v) is 4.86. The van der Waals surface area contributed by atoms with Crippen LogP contribution in [0, 0.1) is 25.7 Å². The first-order valence-corrected chi connectivity index (χ1v) is 9.60. The zero-order valence-electron chi connectivity index (χ0n) is 15.2. The van der Waals surface area contributed by atoms with E-state index in [9.17, 15) is 4.79 Å². The van der Waals surface area contributed by atoms with Crippen LogP contribution < -0.4 is 5.32 Å². The zero-order chi connectivity index (χ0) is 17.0. The first-order valence-electron chi connectivity index (χ1n) is 8.21. The van der Waals surface area contributed by atoms with Crippen molar-refractivity contribution in [3.05, 3.63) is 23.3 Å². The molecule has 136 valence electrons. The van der Waals surface area contributed by atoms with Gasteiger partial charge in [0.25, 0.3) is 0 Å². The minimum absolute atomic E-state index is 0. The van der Waals surface area contributed by atoms with E-state index in [1.54, 1.807) is 11.8 Å². The summed E-state index contributed by atoms with van der Waals surface area (Å²) >= 11 is 1.56. The fraction of sp³-hybridized carbons (Fsp3) is 0.706. The minimum atomic E-state index is 0. The molecule has 0 saturated carbocycles. The normalized spacial score (nSPS) is 20.9. The van der Waals surface area contributed by atoms with Crippen molar-refractivity contribution in [3.63, 3.8) is 0 Å². The number of aromatic nitrogens is 2. The molecule has 0 radical (unpaired) electrons. The van der Waals surface area contributed by atoms with Gasteiger partial charge in [0, 0.05) is 30.5 Å². The lowest BCUT2D eigenvalue weighted by atomic mass is 9.91. The second-order valence-electron chi connectivity index (χ2n) is 6.78. The van der Waals surface area contributed by atoms with E-state index in [0.717, 1.165) is 36.8 Å². The standard InChI is InChI=1S/C17H28N4OS.ClH/c1-11(2)14-7-21(8-15(14)20-17(22)10-23-5)9-16-18-12(3)6-13(4)19-16;/h6,11,14-15H,7-10H2,1-5H3,(H,20,22);1H/t14-,15+;/m1./s1. The van der Waals surface area contributed by atoms with Gasteiger partial charge in [-0.1, -0.05) is 13.8 Å².